The van der Waals surface area contributed by atoms with Gasteiger partial charge >= 0.3 is 7.32 Å². The van der Waals surface area contributed by atoms with Crippen molar-refractivity contribution in [1.29, 1.82) is 0 Å². The van der Waals surface area contributed by atoms with Gasteiger partial charge in [-0.15, -0.1) is 0 Å². The van der Waals surface area contributed by atoms with Crippen molar-refractivity contribution in [1.82, 2.24) is 0 Å². The Morgan fingerprint density at radius 3 is 2.67 bits per heavy atom. The minimum atomic E-state index is -0.859. The minimum absolute atomic E-state index is 0.0854. The van der Waals surface area contributed by atoms with Crippen molar-refractivity contribution in [2.45, 2.75) is 0 Å². The smallest absolute Gasteiger partial charge is 0.504 e. The Morgan fingerprint density at radius 1 is 1.08 bits per heavy atom. The summed E-state index contributed by atoms with van der Waals surface area (Å²) in [5.74, 6) is 0.259. The van der Waals surface area contributed by atoms with Crippen molar-refractivity contribution >= 4 is 7.32 Å². The standard InChI is InChI=1S/C6H3BO5/c8-2-1-3-4(9)6-5(2)11-7(10-3)12-6/h1,8-9H. The first-order valence-corrected chi connectivity index (χ1v) is 3.34. The van der Waals surface area contributed by atoms with Crippen LogP contribution in [-0.4, -0.2) is 17.5 Å². The van der Waals surface area contributed by atoms with Crippen LogP contribution in [0.3, 0.4) is 0 Å². The molecule has 2 aliphatic rings. The third-order valence-electron chi connectivity index (χ3n) is 1.81. The number of rotatable bonds is 0. The second-order valence-corrected chi connectivity index (χ2v) is 2.54. The topological polar surface area (TPSA) is 68.2 Å². The predicted molar refractivity (Wildman–Crippen MR) is 37.4 cm³/mol. The molecule has 6 heteroatoms. The molecule has 0 fully saturated rings. The van der Waals surface area contributed by atoms with E-state index >= 15 is 0 Å². The molecular weight excluding hydrogens is 163 g/mol. The largest absolute Gasteiger partial charge is 0.864 e. The average Bonchev–Trinajstić information content (AvgIpc) is 2.31. The van der Waals surface area contributed by atoms with Crippen molar-refractivity contribution in [3.63, 3.8) is 0 Å². The molecule has 2 aliphatic heterocycles. The van der Waals surface area contributed by atoms with E-state index in [0.29, 0.717) is 0 Å². The monoisotopic (exact) mass is 166 g/mol. The summed E-state index contributed by atoms with van der Waals surface area (Å²) in [6.07, 6.45) is 0. The Morgan fingerprint density at radius 2 is 1.83 bits per heavy atom. The molecule has 0 spiro atoms. The molecule has 2 heterocycles. The molecule has 0 unspecified atom stereocenters. The zero-order chi connectivity index (χ0) is 8.29. The molecule has 12 heavy (non-hydrogen) atoms. The lowest BCUT2D eigenvalue weighted by atomic mass is 10.2. The molecule has 1 aromatic carbocycles. The number of benzene rings is 1. The first-order chi connectivity index (χ1) is 5.75. The van der Waals surface area contributed by atoms with Crippen LogP contribution in [0.2, 0.25) is 0 Å². The van der Waals surface area contributed by atoms with Gasteiger partial charge < -0.3 is 24.2 Å². The highest BCUT2D eigenvalue weighted by molar-refractivity contribution is 6.42. The van der Waals surface area contributed by atoms with Gasteiger partial charge in [0.05, 0.1) is 0 Å². The van der Waals surface area contributed by atoms with Gasteiger partial charge in [-0.1, -0.05) is 0 Å². The summed E-state index contributed by atoms with van der Waals surface area (Å²) in [7, 11) is -0.859. The number of aromatic hydroxyl groups is 2. The number of phenols is 2. The zero-order valence-corrected chi connectivity index (χ0v) is 5.77. The van der Waals surface area contributed by atoms with E-state index in [1.807, 2.05) is 0 Å². The summed E-state index contributed by atoms with van der Waals surface area (Å²) in [6.45, 7) is 0. The highest BCUT2D eigenvalue weighted by Crippen LogP contribution is 2.55. The Balaban J connectivity index is 2.42. The number of phenolic OH excluding ortho intramolecular Hbond substituents is 2. The second-order valence-electron chi connectivity index (χ2n) is 2.54. The van der Waals surface area contributed by atoms with Crippen LogP contribution in [0.1, 0.15) is 0 Å². The fraction of sp³-hybridized carbons (Fsp3) is 0. The Bertz CT molecular complexity index is 372. The SMILES string of the molecule is Oc1cc2c(O)c3c1OB(O2)O3. The first-order valence-electron chi connectivity index (χ1n) is 3.34. The second kappa shape index (κ2) is 1.55. The number of hydrogen-bond acceptors (Lipinski definition) is 5. The van der Waals surface area contributed by atoms with Crippen molar-refractivity contribution in [3.8, 4) is 28.7 Å². The van der Waals surface area contributed by atoms with E-state index in [1.54, 1.807) is 0 Å². The summed E-state index contributed by atoms with van der Waals surface area (Å²) < 4.78 is 14.9. The van der Waals surface area contributed by atoms with Crippen molar-refractivity contribution in [2.75, 3.05) is 0 Å². The third-order valence-corrected chi connectivity index (χ3v) is 1.81. The first kappa shape index (κ1) is 5.88. The molecule has 5 nitrogen and oxygen atoms in total. The fourth-order valence-electron chi connectivity index (χ4n) is 1.28. The van der Waals surface area contributed by atoms with Gasteiger partial charge in [-0.05, 0) is 0 Å². The van der Waals surface area contributed by atoms with E-state index < -0.39 is 7.32 Å². The predicted octanol–water partition coefficient (Wildman–Crippen LogP) is 0.246. The van der Waals surface area contributed by atoms with Crippen LogP contribution in [0.4, 0.5) is 0 Å². The molecule has 0 amide bonds. The van der Waals surface area contributed by atoms with Gasteiger partial charge in [-0.25, -0.2) is 0 Å². The maximum Gasteiger partial charge on any atom is 0.864 e. The highest BCUT2D eigenvalue weighted by Gasteiger charge is 2.47. The maximum absolute atomic E-state index is 9.34. The molecule has 0 saturated heterocycles. The molecule has 0 radical (unpaired) electrons. The lowest BCUT2D eigenvalue weighted by molar-refractivity contribution is 0.314. The molecule has 2 N–H and O–H groups in total. The highest BCUT2D eigenvalue weighted by atomic mass is 16.8. The summed E-state index contributed by atoms with van der Waals surface area (Å²) in [5.41, 5.74) is 0. The van der Waals surface area contributed by atoms with Gasteiger partial charge in [-0.2, -0.15) is 0 Å². The normalized spacial score (nSPS) is 15.5. The summed E-state index contributed by atoms with van der Waals surface area (Å²) >= 11 is 0. The van der Waals surface area contributed by atoms with Gasteiger partial charge in [-0.3, -0.25) is 0 Å². The third kappa shape index (κ3) is 0.479. The van der Waals surface area contributed by atoms with Crippen LogP contribution in [0, 0.1) is 0 Å². The van der Waals surface area contributed by atoms with E-state index in [1.165, 1.54) is 6.07 Å². The van der Waals surface area contributed by atoms with Gasteiger partial charge in [0.1, 0.15) is 0 Å². The van der Waals surface area contributed by atoms with Crippen LogP contribution in [0.15, 0.2) is 6.07 Å². The van der Waals surface area contributed by atoms with E-state index in [2.05, 4.69) is 0 Å². The van der Waals surface area contributed by atoms with Crippen LogP contribution in [-0.2, 0) is 0 Å². The summed E-state index contributed by atoms with van der Waals surface area (Å²) in [6, 6.07) is 1.29. The molecule has 0 aliphatic carbocycles. The summed E-state index contributed by atoms with van der Waals surface area (Å²) in [4.78, 5) is 0. The molecule has 3 bridgehead atoms. The fourth-order valence-corrected chi connectivity index (χ4v) is 1.28. The zero-order valence-electron chi connectivity index (χ0n) is 5.77. The van der Waals surface area contributed by atoms with Crippen LogP contribution >= 0.6 is 0 Å². The number of fused-ring (bicyclic) bond motifs is 2. The summed E-state index contributed by atoms with van der Waals surface area (Å²) in [5, 5.41) is 18.6. The van der Waals surface area contributed by atoms with E-state index in [0.717, 1.165) is 0 Å². The van der Waals surface area contributed by atoms with E-state index in [4.69, 9.17) is 14.0 Å². The molecule has 0 saturated carbocycles. The van der Waals surface area contributed by atoms with Gasteiger partial charge in [0, 0.05) is 6.07 Å². The van der Waals surface area contributed by atoms with Gasteiger partial charge in [0.2, 0.25) is 5.75 Å². The quantitative estimate of drug-likeness (QED) is 0.426. The van der Waals surface area contributed by atoms with E-state index in [-0.39, 0.29) is 28.7 Å². The van der Waals surface area contributed by atoms with Crippen molar-refractivity contribution < 1.29 is 24.2 Å². The maximum atomic E-state index is 9.34. The van der Waals surface area contributed by atoms with Gasteiger partial charge in [0.25, 0.3) is 0 Å². The Hall–Kier alpha value is -1.72. The van der Waals surface area contributed by atoms with Gasteiger partial charge in [0.15, 0.2) is 23.0 Å². The molecule has 0 aromatic heterocycles. The van der Waals surface area contributed by atoms with Crippen molar-refractivity contribution in [2.24, 2.45) is 0 Å². The lowest BCUT2D eigenvalue weighted by Gasteiger charge is -2.12. The van der Waals surface area contributed by atoms with Crippen molar-refractivity contribution in [3.05, 3.63) is 6.07 Å². The van der Waals surface area contributed by atoms with Crippen LogP contribution in [0.25, 0.3) is 0 Å². The molecule has 0 atom stereocenters. The Labute approximate surface area is 67.3 Å². The van der Waals surface area contributed by atoms with E-state index in [9.17, 15) is 10.2 Å². The number of hydrogen-bond donors (Lipinski definition) is 2. The molecular formula is C6H3BO5. The van der Waals surface area contributed by atoms with Crippen LogP contribution in [0.5, 0.6) is 28.7 Å². The molecule has 3 rings (SSSR count). The Kier molecular flexibility index (Phi) is 0.758. The minimum Gasteiger partial charge on any atom is -0.504 e. The average molecular weight is 166 g/mol. The molecule has 60 valence electrons. The van der Waals surface area contributed by atoms with Crippen LogP contribution < -0.4 is 14.0 Å². The molecule has 1 aromatic rings. The lowest BCUT2D eigenvalue weighted by Crippen LogP contribution is -2.33.